The van der Waals surface area contributed by atoms with E-state index in [2.05, 4.69) is 4.98 Å². The number of hydrogen-bond acceptors (Lipinski definition) is 3. The molecular formula is C26H26FN3O2. The number of nitrogens with zero attached hydrogens (tertiary/aromatic N) is 2. The van der Waals surface area contributed by atoms with Crippen molar-refractivity contribution >= 4 is 11.8 Å². The molecular weight excluding hydrogens is 405 g/mol. The summed E-state index contributed by atoms with van der Waals surface area (Å²) in [4.78, 5) is 31.2. The Morgan fingerprint density at radius 3 is 2.31 bits per heavy atom. The monoisotopic (exact) mass is 431 g/mol. The van der Waals surface area contributed by atoms with Gasteiger partial charge in [0.15, 0.2) is 0 Å². The zero-order valence-corrected chi connectivity index (χ0v) is 17.8. The molecule has 2 aromatic carbocycles. The van der Waals surface area contributed by atoms with Gasteiger partial charge in [-0.1, -0.05) is 48.5 Å². The Hall–Kier alpha value is -3.54. The molecule has 2 amide bonds. The Bertz CT molecular complexity index is 1110. The molecule has 164 valence electrons. The number of hydrogen-bond donors (Lipinski definition) is 1. The second-order valence-corrected chi connectivity index (χ2v) is 8.37. The van der Waals surface area contributed by atoms with E-state index in [0.29, 0.717) is 37.9 Å². The van der Waals surface area contributed by atoms with Gasteiger partial charge in [-0.3, -0.25) is 14.6 Å². The van der Waals surface area contributed by atoms with Gasteiger partial charge in [-0.15, -0.1) is 0 Å². The minimum Gasteiger partial charge on any atom is -0.369 e. The number of carbonyl (C=O) groups is 2. The van der Waals surface area contributed by atoms with Crippen LogP contribution in [0, 0.1) is 11.2 Å². The van der Waals surface area contributed by atoms with Crippen LogP contribution in [-0.4, -0.2) is 34.8 Å². The van der Waals surface area contributed by atoms with E-state index in [0.717, 1.165) is 16.7 Å². The van der Waals surface area contributed by atoms with Crippen molar-refractivity contribution in [2.24, 2.45) is 11.1 Å². The molecule has 5 nitrogen and oxygen atoms in total. The highest BCUT2D eigenvalue weighted by atomic mass is 19.1. The molecule has 0 unspecified atom stereocenters. The maximum absolute atomic E-state index is 13.9. The summed E-state index contributed by atoms with van der Waals surface area (Å²) in [7, 11) is 0. The van der Waals surface area contributed by atoms with Crippen molar-refractivity contribution in [1.82, 2.24) is 9.88 Å². The number of rotatable bonds is 6. The third kappa shape index (κ3) is 4.54. The van der Waals surface area contributed by atoms with Gasteiger partial charge in [0, 0.05) is 31.0 Å². The van der Waals surface area contributed by atoms with E-state index < -0.39 is 5.41 Å². The fraction of sp³-hybridized carbons (Fsp3) is 0.269. The normalized spacial score (nSPS) is 15.3. The standard InChI is InChI=1S/C26H26FN3O2/c27-23-10-4-2-6-19(23)16-24(31)30-14-11-26(12-15-30,25(28)32)17-20-7-1-3-9-22(20)21-8-5-13-29-18-21/h1-10,13,18H,11-12,14-17H2,(H2,28,32). The number of likely N-dealkylation sites (tertiary alicyclic amines) is 1. The topological polar surface area (TPSA) is 76.3 Å². The SMILES string of the molecule is NC(=O)C1(Cc2ccccc2-c2cccnc2)CCN(C(=O)Cc2ccccc2F)CC1. The number of benzene rings is 2. The van der Waals surface area contributed by atoms with Gasteiger partial charge < -0.3 is 10.6 Å². The van der Waals surface area contributed by atoms with E-state index in [1.807, 2.05) is 36.4 Å². The summed E-state index contributed by atoms with van der Waals surface area (Å²) in [5, 5.41) is 0. The second kappa shape index (κ2) is 9.30. The van der Waals surface area contributed by atoms with Crippen LogP contribution in [0.5, 0.6) is 0 Å². The maximum Gasteiger partial charge on any atom is 0.227 e. The molecule has 0 saturated carbocycles. The van der Waals surface area contributed by atoms with Gasteiger partial charge >= 0.3 is 0 Å². The highest BCUT2D eigenvalue weighted by Crippen LogP contribution is 2.38. The zero-order valence-electron chi connectivity index (χ0n) is 17.8. The van der Waals surface area contributed by atoms with Crippen LogP contribution in [0.1, 0.15) is 24.0 Å². The van der Waals surface area contributed by atoms with Gasteiger partial charge in [-0.25, -0.2) is 4.39 Å². The van der Waals surface area contributed by atoms with Gasteiger partial charge in [0.05, 0.1) is 11.8 Å². The third-order valence-electron chi connectivity index (χ3n) is 6.41. The predicted octanol–water partition coefficient (Wildman–Crippen LogP) is 3.77. The highest BCUT2D eigenvalue weighted by Gasteiger charge is 2.41. The molecule has 0 atom stereocenters. The van der Waals surface area contributed by atoms with E-state index in [9.17, 15) is 14.0 Å². The van der Waals surface area contributed by atoms with Crippen molar-refractivity contribution in [3.63, 3.8) is 0 Å². The molecule has 0 aliphatic carbocycles. The molecule has 0 spiro atoms. The first-order valence-electron chi connectivity index (χ1n) is 10.8. The molecule has 0 radical (unpaired) electrons. The zero-order chi connectivity index (χ0) is 22.6. The predicted molar refractivity (Wildman–Crippen MR) is 121 cm³/mol. The molecule has 1 aliphatic heterocycles. The van der Waals surface area contributed by atoms with Crippen LogP contribution < -0.4 is 5.73 Å². The van der Waals surface area contributed by atoms with Crippen LogP contribution in [0.2, 0.25) is 0 Å². The van der Waals surface area contributed by atoms with Gasteiger partial charge in [0.1, 0.15) is 5.82 Å². The van der Waals surface area contributed by atoms with Crippen molar-refractivity contribution < 1.29 is 14.0 Å². The molecule has 0 bridgehead atoms. The third-order valence-corrected chi connectivity index (χ3v) is 6.41. The number of aromatic nitrogens is 1. The lowest BCUT2D eigenvalue weighted by Gasteiger charge is -2.40. The number of piperidine rings is 1. The van der Waals surface area contributed by atoms with E-state index >= 15 is 0 Å². The van der Waals surface area contributed by atoms with E-state index in [1.165, 1.54) is 6.07 Å². The molecule has 1 aliphatic rings. The number of primary amides is 1. The minimum absolute atomic E-state index is 0.0140. The molecule has 32 heavy (non-hydrogen) atoms. The average Bonchev–Trinajstić information content (AvgIpc) is 2.82. The Morgan fingerprint density at radius 2 is 1.66 bits per heavy atom. The first-order chi connectivity index (χ1) is 15.5. The summed E-state index contributed by atoms with van der Waals surface area (Å²) in [6, 6.07) is 18.1. The van der Waals surface area contributed by atoms with Crippen molar-refractivity contribution in [3.05, 3.63) is 90.0 Å². The number of carbonyl (C=O) groups excluding carboxylic acids is 2. The molecule has 6 heteroatoms. The van der Waals surface area contributed by atoms with Gasteiger partial charge in [0.2, 0.25) is 11.8 Å². The molecule has 3 aromatic rings. The minimum atomic E-state index is -0.729. The maximum atomic E-state index is 13.9. The summed E-state index contributed by atoms with van der Waals surface area (Å²) < 4.78 is 13.9. The second-order valence-electron chi connectivity index (χ2n) is 8.37. The number of amides is 2. The highest BCUT2D eigenvalue weighted by molar-refractivity contribution is 5.83. The fourth-order valence-corrected chi connectivity index (χ4v) is 4.45. The lowest BCUT2D eigenvalue weighted by molar-refractivity contribution is -0.138. The van der Waals surface area contributed by atoms with Crippen LogP contribution in [0.25, 0.3) is 11.1 Å². The van der Waals surface area contributed by atoms with Crippen LogP contribution in [-0.2, 0) is 22.4 Å². The van der Waals surface area contributed by atoms with Crippen molar-refractivity contribution in [2.75, 3.05) is 13.1 Å². The Morgan fingerprint density at radius 1 is 0.969 bits per heavy atom. The van der Waals surface area contributed by atoms with Crippen molar-refractivity contribution in [3.8, 4) is 11.1 Å². The Kier molecular flexibility index (Phi) is 6.30. The average molecular weight is 432 g/mol. The summed E-state index contributed by atoms with van der Waals surface area (Å²) in [6.07, 6.45) is 5.01. The summed E-state index contributed by atoms with van der Waals surface area (Å²) >= 11 is 0. The summed E-state index contributed by atoms with van der Waals surface area (Å²) in [6.45, 7) is 0.844. The Labute approximate surface area is 187 Å². The molecule has 1 fully saturated rings. The summed E-state index contributed by atoms with van der Waals surface area (Å²) in [5.74, 6) is -0.861. The molecule has 1 saturated heterocycles. The van der Waals surface area contributed by atoms with Crippen molar-refractivity contribution in [1.29, 1.82) is 0 Å². The van der Waals surface area contributed by atoms with Crippen LogP contribution in [0.4, 0.5) is 4.39 Å². The van der Waals surface area contributed by atoms with Crippen LogP contribution >= 0.6 is 0 Å². The number of pyridine rings is 1. The number of halogens is 1. The number of nitrogens with two attached hydrogens (primary N) is 1. The van der Waals surface area contributed by atoms with Gasteiger partial charge in [-0.05, 0) is 48.1 Å². The lowest BCUT2D eigenvalue weighted by Crippen LogP contribution is -2.50. The molecule has 4 rings (SSSR count). The van der Waals surface area contributed by atoms with E-state index in [1.54, 1.807) is 35.5 Å². The quantitative estimate of drug-likeness (QED) is 0.646. The van der Waals surface area contributed by atoms with Gasteiger partial charge in [0.25, 0.3) is 0 Å². The Balaban J connectivity index is 1.50. The largest absolute Gasteiger partial charge is 0.369 e. The van der Waals surface area contributed by atoms with Crippen LogP contribution in [0.3, 0.4) is 0 Å². The van der Waals surface area contributed by atoms with Crippen LogP contribution in [0.15, 0.2) is 73.1 Å². The molecule has 1 aromatic heterocycles. The van der Waals surface area contributed by atoms with Gasteiger partial charge in [-0.2, -0.15) is 0 Å². The van der Waals surface area contributed by atoms with E-state index in [-0.39, 0.29) is 24.1 Å². The first-order valence-corrected chi connectivity index (χ1v) is 10.8. The van der Waals surface area contributed by atoms with E-state index in [4.69, 9.17) is 5.73 Å². The molecule has 2 N–H and O–H groups in total. The molecule has 2 heterocycles. The van der Waals surface area contributed by atoms with Crippen molar-refractivity contribution in [2.45, 2.75) is 25.7 Å². The lowest BCUT2D eigenvalue weighted by atomic mass is 9.72. The smallest absolute Gasteiger partial charge is 0.227 e. The summed E-state index contributed by atoms with van der Waals surface area (Å²) in [5.41, 5.74) is 8.60. The fourth-order valence-electron chi connectivity index (χ4n) is 4.45. The first kappa shape index (κ1) is 21.7.